The SMILES string of the molecule is Cc1ccc(SCCN2C(=O)N[C@](C)(c3ccc4c(c3)OCCO4)C2=O)cc1. The van der Waals surface area contributed by atoms with Gasteiger partial charge in [-0.05, 0) is 43.7 Å². The van der Waals surface area contributed by atoms with Crippen molar-refractivity contribution in [3.63, 3.8) is 0 Å². The number of ether oxygens (including phenoxy) is 2. The first-order chi connectivity index (χ1) is 13.5. The summed E-state index contributed by atoms with van der Waals surface area (Å²) in [5, 5.41) is 2.84. The minimum Gasteiger partial charge on any atom is -0.486 e. The molecule has 28 heavy (non-hydrogen) atoms. The molecule has 2 aromatic rings. The van der Waals surface area contributed by atoms with Gasteiger partial charge in [-0.15, -0.1) is 11.8 Å². The summed E-state index contributed by atoms with van der Waals surface area (Å²) in [6.45, 7) is 5.09. The number of aryl methyl sites for hydroxylation is 1. The van der Waals surface area contributed by atoms with Gasteiger partial charge in [-0.25, -0.2) is 4.79 Å². The van der Waals surface area contributed by atoms with Crippen LogP contribution in [0.25, 0.3) is 0 Å². The average Bonchev–Trinajstić information content (AvgIpc) is 2.93. The van der Waals surface area contributed by atoms with Crippen LogP contribution in [0.5, 0.6) is 11.5 Å². The van der Waals surface area contributed by atoms with Crippen molar-refractivity contribution >= 4 is 23.7 Å². The lowest BCUT2D eigenvalue weighted by Gasteiger charge is -2.25. The second kappa shape index (κ2) is 7.39. The predicted molar refractivity (Wildman–Crippen MR) is 107 cm³/mol. The van der Waals surface area contributed by atoms with Gasteiger partial charge in [-0.1, -0.05) is 23.8 Å². The zero-order valence-electron chi connectivity index (χ0n) is 15.9. The molecule has 146 valence electrons. The van der Waals surface area contributed by atoms with Crippen LogP contribution in [-0.2, 0) is 10.3 Å². The number of nitrogens with zero attached hydrogens (tertiary/aromatic N) is 1. The standard InChI is InChI=1S/C21H22N2O4S/c1-14-3-6-16(7-4-14)28-12-9-23-19(24)21(2,22-20(23)25)15-5-8-17-18(13-15)27-11-10-26-17/h3-8,13H,9-12H2,1-2H3,(H,22,25)/t21-/m1/s1. The third-order valence-electron chi connectivity index (χ3n) is 5.00. The molecule has 1 fully saturated rings. The van der Waals surface area contributed by atoms with Crippen LogP contribution in [0.15, 0.2) is 47.4 Å². The second-order valence-electron chi connectivity index (χ2n) is 7.03. The Kier molecular flexibility index (Phi) is 4.93. The first-order valence-corrected chi connectivity index (χ1v) is 10.2. The molecule has 3 amide bonds. The number of amides is 3. The van der Waals surface area contributed by atoms with E-state index >= 15 is 0 Å². The minimum atomic E-state index is -1.11. The molecule has 0 aliphatic carbocycles. The largest absolute Gasteiger partial charge is 0.486 e. The van der Waals surface area contributed by atoms with Crippen LogP contribution in [0.4, 0.5) is 4.79 Å². The van der Waals surface area contributed by atoms with Crippen molar-refractivity contribution in [2.45, 2.75) is 24.3 Å². The maximum absolute atomic E-state index is 13.1. The number of nitrogens with one attached hydrogen (secondary N) is 1. The molecule has 2 aliphatic rings. The van der Waals surface area contributed by atoms with Crippen LogP contribution < -0.4 is 14.8 Å². The molecule has 0 radical (unpaired) electrons. The number of hydrogen-bond donors (Lipinski definition) is 1. The number of urea groups is 1. The Morgan fingerprint density at radius 2 is 1.79 bits per heavy atom. The predicted octanol–water partition coefficient (Wildman–Crippen LogP) is 3.33. The Morgan fingerprint density at radius 3 is 2.54 bits per heavy atom. The van der Waals surface area contributed by atoms with Crippen molar-refractivity contribution < 1.29 is 19.1 Å². The summed E-state index contributed by atoms with van der Waals surface area (Å²) in [6, 6.07) is 13.2. The van der Waals surface area contributed by atoms with E-state index in [4.69, 9.17) is 9.47 Å². The third-order valence-corrected chi connectivity index (χ3v) is 5.99. The normalized spacial score (nSPS) is 21.0. The molecule has 7 heteroatoms. The van der Waals surface area contributed by atoms with E-state index < -0.39 is 5.54 Å². The zero-order chi connectivity index (χ0) is 19.7. The van der Waals surface area contributed by atoms with Crippen molar-refractivity contribution in [2.24, 2.45) is 0 Å². The van der Waals surface area contributed by atoms with E-state index in [-0.39, 0.29) is 11.9 Å². The van der Waals surface area contributed by atoms with E-state index in [2.05, 4.69) is 17.4 Å². The number of rotatable bonds is 5. The van der Waals surface area contributed by atoms with Gasteiger partial charge in [-0.2, -0.15) is 0 Å². The molecule has 0 unspecified atom stereocenters. The van der Waals surface area contributed by atoms with Gasteiger partial charge in [0.05, 0.1) is 0 Å². The minimum absolute atomic E-state index is 0.251. The molecule has 0 saturated carbocycles. The first kappa shape index (κ1) is 18.7. The van der Waals surface area contributed by atoms with E-state index in [1.807, 2.05) is 19.1 Å². The summed E-state index contributed by atoms with van der Waals surface area (Å²) < 4.78 is 11.1. The average molecular weight is 398 g/mol. The Morgan fingerprint density at radius 1 is 1.07 bits per heavy atom. The molecule has 2 aromatic carbocycles. The summed E-state index contributed by atoms with van der Waals surface area (Å²) >= 11 is 1.62. The highest BCUT2D eigenvalue weighted by Crippen LogP contribution is 2.37. The first-order valence-electron chi connectivity index (χ1n) is 9.21. The highest BCUT2D eigenvalue weighted by atomic mass is 32.2. The maximum atomic E-state index is 13.1. The highest BCUT2D eigenvalue weighted by Gasteiger charge is 2.49. The van der Waals surface area contributed by atoms with E-state index in [0.717, 1.165) is 4.90 Å². The topological polar surface area (TPSA) is 67.9 Å². The van der Waals surface area contributed by atoms with Gasteiger partial charge in [0.2, 0.25) is 0 Å². The van der Waals surface area contributed by atoms with Crippen LogP contribution in [0.1, 0.15) is 18.1 Å². The molecule has 0 aromatic heterocycles. The molecule has 1 N–H and O–H groups in total. The molecule has 2 aliphatic heterocycles. The monoisotopic (exact) mass is 398 g/mol. The van der Waals surface area contributed by atoms with Gasteiger partial charge in [-0.3, -0.25) is 9.69 Å². The molecular formula is C21H22N2O4S. The summed E-state index contributed by atoms with van der Waals surface area (Å²) in [7, 11) is 0. The Labute approximate surface area is 168 Å². The molecule has 1 saturated heterocycles. The van der Waals surface area contributed by atoms with Crippen LogP contribution in [-0.4, -0.2) is 42.3 Å². The smallest absolute Gasteiger partial charge is 0.325 e. The zero-order valence-corrected chi connectivity index (χ0v) is 16.7. The highest BCUT2D eigenvalue weighted by molar-refractivity contribution is 7.99. The molecule has 1 atom stereocenters. The third kappa shape index (κ3) is 3.42. The van der Waals surface area contributed by atoms with Crippen LogP contribution in [0, 0.1) is 6.92 Å². The Hall–Kier alpha value is -2.67. The lowest BCUT2D eigenvalue weighted by atomic mass is 9.91. The molecule has 2 heterocycles. The fourth-order valence-corrected chi connectivity index (χ4v) is 4.18. The van der Waals surface area contributed by atoms with Crippen molar-refractivity contribution in [2.75, 3.05) is 25.5 Å². The van der Waals surface area contributed by atoms with Crippen LogP contribution in [0.3, 0.4) is 0 Å². The molecule has 4 rings (SSSR count). The lowest BCUT2D eigenvalue weighted by Crippen LogP contribution is -2.41. The van der Waals surface area contributed by atoms with E-state index in [9.17, 15) is 9.59 Å². The Balaban J connectivity index is 1.46. The summed E-state index contributed by atoms with van der Waals surface area (Å²) in [5.74, 6) is 1.64. The van der Waals surface area contributed by atoms with Crippen molar-refractivity contribution in [3.05, 3.63) is 53.6 Å². The van der Waals surface area contributed by atoms with E-state index in [0.29, 0.717) is 42.6 Å². The summed E-state index contributed by atoms with van der Waals surface area (Å²) in [6.07, 6.45) is 0. The van der Waals surface area contributed by atoms with Crippen molar-refractivity contribution in [1.82, 2.24) is 10.2 Å². The van der Waals surface area contributed by atoms with Gasteiger partial charge >= 0.3 is 6.03 Å². The van der Waals surface area contributed by atoms with Gasteiger partial charge in [0.1, 0.15) is 18.8 Å². The fourth-order valence-electron chi connectivity index (χ4n) is 3.34. The Bertz CT molecular complexity index is 915. The molecule has 0 bridgehead atoms. The fraction of sp³-hybridized carbons (Fsp3) is 0.333. The van der Waals surface area contributed by atoms with Crippen molar-refractivity contribution in [3.8, 4) is 11.5 Å². The van der Waals surface area contributed by atoms with Crippen LogP contribution in [0.2, 0.25) is 0 Å². The molecule has 0 spiro atoms. The summed E-state index contributed by atoms with van der Waals surface area (Å²) in [5.41, 5.74) is 0.777. The quantitative estimate of drug-likeness (QED) is 0.618. The number of hydrogen-bond acceptors (Lipinski definition) is 5. The number of fused-ring (bicyclic) bond motifs is 1. The van der Waals surface area contributed by atoms with Gasteiger partial charge in [0.25, 0.3) is 5.91 Å². The van der Waals surface area contributed by atoms with Gasteiger partial charge in [0.15, 0.2) is 11.5 Å². The summed E-state index contributed by atoms with van der Waals surface area (Å²) in [4.78, 5) is 27.9. The van der Waals surface area contributed by atoms with Gasteiger partial charge in [0, 0.05) is 17.2 Å². The maximum Gasteiger partial charge on any atom is 0.325 e. The number of benzene rings is 2. The number of thioether (sulfide) groups is 1. The molecule has 6 nitrogen and oxygen atoms in total. The number of carbonyl (C=O) groups is 2. The van der Waals surface area contributed by atoms with E-state index in [1.54, 1.807) is 36.9 Å². The van der Waals surface area contributed by atoms with Crippen LogP contribution >= 0.6 is 11.8 Å². The lowest BCUT2D eigenvalue weighted by molar-refractivity contribution is -0.130. The molecular weight excluding hydrogens is 376 g/mol. The van der Waals surface area contributed by atoms with Crippen molar-refractivity contribution in [1.29, 1.82) is 0 Å². The second-order valence-corrected chi connectivity index (χ2v) is 8.20. The van der Waals surface area contributed by atoms with E-state index in [1.165, 1.54) is 10.5 Å². The van der Waals surface area contributed by atoms with Gasteiger partial charge < -0.3 is 14.8 Å². The number of imide groups is 1. The number of carbonyl (C=O) groups excluding carboxylic acids is 2.